The molecule has 7 heteroatoms. The number of ether oxygens (including phenoxy) is 1. The first-order valence-corrected chi connectivity index (χ1v) is 11.3. The molecule has 0 bridgehead atoms. The second-order valence-electron chi connectivity index (χ2n) is 8.68. The zero-order valence-corrected chi connectivity index (χ0v) is 18.9. The van der Waals surface area contributed by atoms with Crippen LogP contribution in [0.4, 0.5) is 16.0 Å². The molecule has 0 radical (unpaired) electrons. The molecule has 1 atom stereocenters. The Morgan fingerprint density at radius 1 is 0.909 bits per heavy atom. The Labute approximate surface area is 193 Å². The number of halogens is 1. The Bertz CT molecular complexity index is 1160. The molecule has 1 unspecified atom stereocenters. The second kappa shape index (κ2) is 8.81. The Morgan fingerprint density at radius 2 is 1.58 bits per heavy atom. The molecule has 2 heterocycles. The fourth-order valence-corrected chi connectivity index (χ4v) is 4.83. The van der Waals surface area contributed by atoms with Gasteiger partial charge in [0, 0.05) is 38.3 Å². The van der Waals surface area contributed by atoms with Crippen molar-refractivity contribution in [1.29, 1.82) is 0 Å². The van der Waals surface area contributed by atoms with E-state index in [4.69, 9.17) is 14.7 Å². The highest BCUT2D eigenvalue weighted by Crippen LogP contribution is 2.34. The molecule has 1 fully saturated rings. The normalized spacial score (nSPS) is 18.3. The van der Waals surface area contributed by atoms with Crippen LogP contribution in [-0.4, -0.2) is 49.0 Å². The fraction of sp³-hybridized carbons (Fsp3) is 0.346. The number of carbonyl (C=O) groups excluding carboxylic acids is 1. The van der Waals surface area contributed by atoms with Crippen molar-refractivity contribution in [1.82, 2.24) is 9.97 Å². The average molecular weight is 447 g/mol. The minimum absolute atomic E-state index is 0.0136. The number of carbonyl (C=O) groups is 1. The van der Waals surface area contributed by atoms with Gasteiger partial charge in [-0.15, -0.1) is 0 Å². The van der Waals surface area contributed by atoms with Crippen molar-refractivity contribution in [3.63, 3.8) is 0 Å². The van der Waals surface area contributed by atoms with Crippen LogP contribution in [0.2, 0.25) is 0 Å². The van der Waals surface area contributed by atoms with Gasteiger partial charge in [-0.2, -0.15) is 0 Å². The summed E-state index contributed by atoms with van der Waals surface area (Å²) in [5, 5.41) is 0. The van der Waals surface area contributed by atoms with Crippen LogP contribution < -0.4 is 14.5 Å². The summed E-state index contributed by atoms with van der Waals surface area (Å²) in [4.78, 5) is 27.0. The SMILES string of the molecule is COc1ccc(N2CCN(c3nc(C)c4c(n3)CC(c3ccc(F)cc3)CC4=O)CC2)cc1. The molecule has 0 N–H and O–H groups in total. The lowest BCUT2D eigenvalue weighted by Gasteiger charge is -2.36. The molecule has 0 saturated carbocycles. The number of aromatic nitrogens is 2. The van der Waals surface area contributed by atoms with Crippen molar-refractivity contribution >= 4 is 17.4 Å². The first-order valence-electron chi connectivity index (χ1n) is 11.3. The van der Waals surface area contributed by atoms with Gasteiger partial charge in [0.25, 0.3) is 0 Å². The van der Waals surface area contributed by atoms with Crippen molar-refractivity contribution in [3.8, 4) is 5.75 Å². The molecule has 33 heavy (non-hydrogen) atoms. The standard InChI is InChI=1S/C26H27FN4O2/c1-17-25-23(15-19(16-24(25)32)18-3-5-20(27)6-4-18)29-26(28-17)31-13-11-30(12-14-31)21-7-9-22(33-2)10-8-21/h3-10,19H,11-16H2,1-2H3. The van der Waals surface area contributed by atoms with Gasteiger partial charge in [-0.3, -0.25) is 4.79 Å². The van der Waals surface area contributed by atoms with Crippen molar-refractivity contribution < 1.29 is 13.9 Å². The molecular formula is C26H27FN4O2. The van der Waals surface area contributed by atoms with Gasteiger partial charge in [-0.1, -0.05) is 12.1 Å². The van der Waals surface area contributed by atoms with Gasteiger partial charge in [-0.25, -0.2) is 14.4 Å². The van der Waals surface area contributed by atoms with Crippen LogP contribution in [0.3, 0.4) is 0 Å². The summed E-state index contributed by atoms with van der Waals surface area (Å²) in [5.41, 5.74) is 4.36. The van der Waals surface area contributed by atoms with E-state index >= 15 is 0 Å². The summed E-state index contributed by atoms with van der Waals surface area (Å²) in [6.07, 6.45) is 1.07. The molecule has 1 aliphatic heterocycles. The van der Waals surface area contributed by atoms with Crippen molar-refractivity contribution in [3.05, 3.63) is 76.9 Å². The molecule has 1 saturated heterocycles. The Morgan fingerprint density at radius 3 is 2.24 bits per heavy atom. The number of benzene rings is 2. The number of hydrogen-bond donors (Lipinski definition) is 0. The van der Waals surface area contributed by atoms with Gasteiger partial charge in [0.15, 0.2) is 5.78 Å². The lowest BCUT2D eigenvalue weighted by atomic mass is 9.81. The monoisotopic (exact) mass is 446 g/mol. The number of Topliss-reactive ketones (excluding diaryl/α,β-unsaturated/α-hetero) is 1. The van der Waals surface area contributed by atoms with E-state index in [-0.39, 0.29) is 17.5 Å². The Balaban J connectivity index is 1.33. The van der Waals surface area contributed by atoms with Crippen LogP contribution in [0.15, 0.2) is 48.5 Å². The highest BCUT2D eigenvalue weighted by atomic mass is 19.1. The van der Waals surface area contributed by atoms with E-state index < -0.39 is 0 Å². The van der Waals surface area contributed by atoms with Crippen LogP contribution in [0.25, 0.3) is 0 Å². The fourth-order valence-electron chi connectivity index (χ4n) is 4.83. The molecule has 0 amide bonds. The lowest BCUT2D eigenvalue weighted by molar-refractivity contribution is 0.0962. The van der Waals surface area contributed by atoms with Gasteiger partial charge in [0.05, 0.1) is 24.1 Å². The van der Waals surface area contributed by atoms with Crippen LogP contribution in [0.5, 0.6) is 5.75 Å². The lowest BCUT2D eigenvalue weighted by Crippen LogP contribution is -2.47. The largest absolute Gasteiger partial charge is 0.497 e. The van der Waals surface area contributed by atoms with Gasteiger partial charge in [-0.05, 0) is 61.2 Å². The molecule has 0 spiro atoms. The number of fused-ring (bicyclic) bond motifs is 1. The van der Waals surface area contributed by atoms with Crippen molar-refractivity contribution in [2.75, 3.05) is 43.1 Å². The molecule has 170 valence electrons. The van der Waals surface area contributed by atoms with E-state index in [0.29, 0.717) is 24.4 Å². The quantitative estimate of drug-likeness (QED) is 0.600. The number of aryl methyl sites for hydroxylation is 1. The number of nitrogens with zero attached hydrogens (tertiary/aromatic N) is 4. The van der Waals surface area contributed by atoms with Crippen LogP contribution in [0.1, 0.15) is 39.6 Å². The highest BCUT2D eigenvalue weighted by Gasteiger charge is 2.31. The van der Waals surface area contributed by atoms with Crippen LogP contribution in [-0.2, 0) is 6.42 Å². The van der Waals surface area contributed by atoms with Crippen LogP contribution >= 0.6 is 0 Å². The van der Waals surface area contributed by atoms with E-state index in [0.717, 1.165) is 48.9 Å². The zero-order chi connectivity index (χ0) is 22.9. The third-order valence-corrected chi connectivity index (χ3v) is 6.64. The zero-order valence-electron chi connectivity index (χ0n) is 18.9. The molecule has 1 aromatic heterocycles. The summed E-state index contributed by atoms with van der Waals surface area (Å²) >= 11 is 0. The Kier molecular flexibility index (Phi) is 5.70. The van der Waals surface area contributed by atoms with Crippen molar-refractivity contribution in [2.45, 2.75) is 25.7 Å². The number of piperazine rings is 1. The minimum Gasteiger partial charge on any atom is -0.497 e. The molecule has 5 rings (SSSR count). The van der Waals surface area contributed by atoms with E-state index in [9.17, 15) is 9.18 Å². The summed E-state index contributed by atoms with van der Waals surface area (Å²) in [6, 6.07) is 14.6. The topological polar surface area (TPSA) is 58.6 Å². The van der Waals surface area contributed by atoms with Gasteiger partial charge >= 0.3 is 0 Å². The van der Waals surface area contributed by atoms with E-state index in [1.807, 2.05) is 19.1 Å². The number of hydrogen-bond acceptors (Lipinski definition) is 6. The number of rotatable bonds is 4. The molecule has 3 aromatic rings. The minimum atomic E-state index is -0.268. The third kappa shape index (κ3) is 4.27. The predicted octanol–water partition coefficient (Wildman–Crippen LogP) is 4.17. The Hall–Kier alpha value is -3.48. The maximum Gasteiger partial charge on any atom is 0.225 e. The number of methoxy groups -OCH3 is 1. The van der Waals surface area contributed by atoms with E-state index in [2.05, 4.69) is 21.9 Å². The van der Waals surface area contributed by atoms with Gasteiger partial charge in [0.2, 0.25) is 5.95 Å². The summed E-state index contributed by atoms with van der Waals surface area (Å²) < 4.78 is 18.6. The highest BCUT2D eigenvalue weighted by molar-refractivity contribution is 5.99. The van der Waals surface area contributed by atoms with Crippen LogP contribution in [0, 0.1) is 12.7 Å². The maximum absolute atomic E-state index is 13.3. The van der Waals surface area contributed by atoms with Gasteiger partial charge < -0.3 is 14.5 Å². The van der Waals surface area contributed by atoms with Gasteiger partial charge in [0.1, 0.15) is 11.6 Å². The number of ketones is 1. The van der Waals surface area contributed by atoms with E-state index in [1.54, 1.807) is 19.2 Å². The first kappa shape index (κ1) is 21.4. The predicted molar refractivity (Wildman–Crippen MR) is 126 cm³/mol. The number of anilines is 2. The summed E-state index contributed by atoms with van der Waals surface area (Å²) in [7, 11) is 1.67. The molecule has 2 aromatic carbocycles. The van der Waals surface area contributed by atoms with E-state index in [1.165, 1.54) is 17.8 Å². The second-order valence-corrected chi connectivity index (χ2v) is 8.68. The third-order valence-electron chi connectivity index (χ3n) is 6.64. The molecule has 2 aliphatic rings. The maximum atomic E-state index is 13.3. The summed E-state index contributed by atoms with van der Waals surface area (Å²) in [5.74, 6) is 1.35. The smallest absolute Gasteiger partial charge is 0.225 e. The molecule has 1 aliphatic carbocycles. The average Bonchev–Trinajstić information content (AvgIpc) is 2.84. The summed E-state index contributed by atoms with van der Waals surface area (Å²) in [6.45, 7) is 5.23. The molecule has 6 nitrogen and oxygen atoms in total. The molecular weight excluding hydrogens is 419 g/mol. The van der Waals surface area contributed by atoms with Crippen molar-refractivity contribution in [2.24, 2.45) is 0 Å². The first-order chi connectivity index (χ1) is 16.0.